The Morgan fingerprint density at radius 2 is 2.08 bits per heavy atom. The van der Waals surface area contributed by atoms with Crippen molar-refractivity contribution < 1.29 is 4.79 Å². The van der Waals surface area contributed by atoms with Crippen molar-refractivity contribution in [3.05, 3.63) is 66.0 Å². The van der Waals surface area contributed by atoms with Gasteiger partial charge in [-0.2, -0.15) is 0 Å². The zero-order valence-corrected chi connectivity index (χ0v) is 14.1. The molecule has 1 fully saturated rings. The quantitative estimate of drug-likeness (QED) is 0.795. The Morgan fingerprint density at radius 1 is 1.20 bits per heavy atom. The molecule has 3 heterocycles. The van der Waals surface area contributed by atoms with E-state index in [-0.39, 0.29) is 11.9 Å². The molecule has 1 aliphatic rings. The van der Waals surface area contributed by atoms with E-state index < -0.39 is 0 Å². The Morgan fingerprint density at radius 3 is 2.96 bits per heavy atom. The molecule has 5 nitrogen and oxygen atoms in total. The standard InChI is InChI=1S/C20H20N4O/c1-21-19-13-15(10-11-22-19)18-7-4-12-24(18)20(25)17-9-8-14-5-2-3-6-16(14)23-17/h2-3,5-6,8-11,13,18H,4,7,12H2,1H3,(H,21,22)/t18-/m1/s1. The molecule has 1 amide bonds. The number of fused-ring (bicyclic) bond motifs is 1. The molecule has 5 heteroatoms. The number of carbonyl (C=O) groups is 1. The lowest BCUT2D eigenvalue weighted by Crippen LogP contribution is -2.31. The highest BCUT2D eigenvalue weighted by atomic mass is 16.2. The molecule has 1 atom stereocenters. The van der Waals surface area contributed by atoms with Gasteiger partial charge in [0, 0.05) is 25.2 Å². The number of hydrogen-bond acceptors (Lipinski definition) is 4. The van der Waals surface area contributed by atoms with Crippen molar-refractivity contribution >= 4 is 22.6 Å². The number of benzene rings is 1. The highest BCUT2D eigenvalue weighted by molar-refractivity contribution is 5.95. The Labute approximate surface area is 146 Å². The predicted octanol–water partition coefficient (Wildman–Crippen LogP) is 3.65. The molecule has 0 bridgehead atoms. The van der Waals surface area contributed by atoms with Crippen LogP contribution in [0.1, 0.15) is 34.9 Å². The van der Waals surface area contributed by atoms with E-state index in [2.05, 4.69) is 15.3 Å². The molecule has 4 rings (SSSR count). The topological polar surface area (TPSA) is 58.1 Å². The molecule has 1 saturated heterocycles. The molecular weight excluding hydrogens is 312 g/mol. The van der Waals surface area contributed by atoms with Crippen molar-refractivity contribution in [1.29, 1.82) is 0 Å². The van der Waals surface area contributed by atoms with Crippen LogP contribution in [-0.4, -0.2) is 34.4 Å². The van der Waals surface area contributed by atoms with Crippen LogP contribution >= 0.6 is 0 Å². The van der Waals surface area contributed by atoms with Crippen LogP contribution in [0.15, 0.2) is 54.7 Å². The Bertz CT molecular complexity index is 924. The molecule has 1 N–H and O–H groups in total. The molecule has 0 radical (unpaired) electrons. The van der Waals surface area contributed by atoms with Gasteiger partial charge in [0.1, 0.15) is 11.5 Å². The third-order valence-corrected chi connectivity index (χ3v) is 4.76. The number of carbonyl (C=O) groups excluding carboxylic acids is 1. The zero-order valence-electron chi connectivity index (χ0n) is 14.1. The zero-order chi connectivity index (χ0) is 17.2. The lowest BCUT2D eigenvalue weighted by molar-refractivity contribution is 0.0730. The van der Waals surface area contributed by atoms with Crippen LogP contribution in [0.3, 0.4) is 0 Å². The predicted molar refractivity (Wildman–Crippen MR) is 98.5 cm³/mol. The first-order chi connectivity index (χ1) is 12.3. The van der Waals surface area contributed by atoms with Gasteiger partial charge in [-0.15, -0.1) is 0 Å². The number of pyridine rings is 2. The van der Waals surface area contributed by atoms with E-state index >= 15 is 0 Å². The van der Waals surface area contributed by atoms with E-state index in [1.807, 2.05) is 60.5 Å². The Balaban J connectivity index is 1.65. The summed E-state index contributed by atoms with van der Waals surface area (Å²) in [5, 5.41) is 4.11. The number of anilines is 1. The third-order valence-electron chi connectivity index (χ3n) is 4.76. The number of nitrogens with zero attached hydrogens (tertiary/aromatic N) is 3. The van der Waals surface area contributed by atoms with Crippen LogP contribution in [-0.2, 0) is 0 Å². The maximum atomic E-state index is 13.1. The van der Waals surface area contributed by atoms with Gasteiger partial charge >= 0.3 is 0 Å². The second-order valence-corrected chi connectivity index (χ2v) is 6.27. The summed E-state index contributed by atoms with van der Waals surface area (Å²) in [6, 6.07) is 15.7. The van der Waals surface area contributed by atoms with E-state index in [0.717, 1.165) is 41.7 Å². The molecule has 1 aliphatic heterocycles. The van der Waals surface area contributed by atoms with Gasteiger partial charge in [-0.1, -0.05) is 24.3 Å². The summed E-state index contributed by atoms with van der Waals surface area (Å²) in [5.41, 5.74) is 2.48. The number of aromatic nitrogens is 2. The summed E-state index contributed by atoms with van der Waals surface area (Å²) in [6.07, 6.45) is 3.75. The van der Waals surface area contributed by atoms with Crippen LogP contribution in [0, 0.1) is 0 Å². The number of hydrogen-bond donors (Lipinski definition) is 1. The summed E-state index contributed by atoms with van der Waals surface area (Å²) in [5.74, 6) is 0.816. The molecular formula is C20H20N4O. The van der Waals surface area contributed by atoms with Gasteiger partial charge < -0.3 is 10.2 Å². The number of amides is 1. The molecule has 0 unspecified atom stereocenters. The molecule has 0 aliphatic carbocycles. The fraction of sp³-hybridized carbons (Fsp3) is 0.250. The Kier molecular flexibility index (Phi) is 4.06. The van der Waals surface area contributed by atoms with E-state index in [0.29, 0.717) is 5.69 Å². The van der Waals surface area contributed by atoms with Gasteiger partial charge in [-0.25, -0.2) is 9.97 Å². The summed E-state index contributed by atoms with van der Waals surface area (Å²) in [4.78, 5) is 23.8. The number of rotatable bonds is 3. The summed E-state index contributed by atoms with van der Waals surface area (Å²) in [7, 11) is 1.85. The van der Waals surface area contributed by atoms with Crippen LogP contribution in [0.25, 0.3) is 10.9 Å². The van der Waals surface area contributed by atoms with Crippen molar-refractivity contribution in [3.63, 3.8) is 0 Å². The second kappa shape index (κ2) is 6.51. The second-order valence-electron chi connectivity index (χ2n) is 6.27. The minimum absolute atomic E-state index is 0.00364. The largest absolute Gasteiger partial charge is 0.373 e. The molecule has 0 saturated carbocycles. The van der Waals surface area contributed by atoms with E-state index in [9.17, 15) is 4.79 Å². The third kappa shape index (κ3) is 2.93. The lowest BCUT2D eigenvalue weighted by Gasteiger charge is -2.25. The number of nitrogens with one attached hydrogen (secondary N) is 1. The highest BCUT2D eigenvalue weighted by Crippen LogP contribution is 2.33. The van der Waals surface area contributed by atoms with Crippen molar-refractivity contribution in [1.82, 2.24) is 14.9 Å². The van der Waals surface area contributed by atoms with Crippen LogP contribution in [0.5, 0.6) is 0 Å². The number of para-hydroxylation sites is 1. The minimum Gasteiger partial charge on any atom is -0.373 e. The fourth-order valence-corrected chi connectivity index (χ4v) is 3.48. The normalized spacial score (nSPS) is 17.0. The lowest BCUT2D eigenvalue weighted by atomic mass is 10.1. The van der Waals surface area contributed by atoms with Crippen LogP contribution in [0.2, 0.25) is 0 Å². The van der Waals surface area contributed by atoms with Gasteiger partial charge in [-0.05, 0) is 42.7 Å². The fourth-order valence-electron chi connectivity index (χ4n) is 3.48. The van der Waals surface area contributed by atoms with Crippen molar-refractivity contribution in [2.75, 3.05) is 18.9 Å². The van der Waals surface area contributed by atoms with Gasteiger partial charge in [0.05, 0.1) is 11.6 Å². The SMILES string of the molecule is CNc1cc([C@H]2CCCN2C(=O)c2ccc3ccccc3n2)ccn1. The van der Waals surface area contributed by atoms with Crippen LogP contribution in [0.4, 0.5) is 5.82 Å². The maximum absolute atomic E-state index is 13.1. The molecule has 25 heavy (non-hydrogen) atoms. The molecule has 1 aromatic carbocycles. The average Bonchev–Trinajstić information content (AvgIpc) is 3.17. The number of likely N-dealkylation sites (tertiary alicyclic amines) is 1. The summed E-state index contributed by atoms with van der Waals surface area (Å²) < 4.78 is 0. The average molecular weight is 332 g/mol. The first-order valence-electron chi connectivity index (χ1n) is 8.57. The van der Waals surface area contributed by atoms with Crippen molar-refractivity contribution in [2.24, 2.45) is 0 Å². The van der Waals surface area contributed by atoms with Gasteiger partial charge in [-0.3, -0.25) is 4.79 Å². The van der Waals surface area contributed by atoms with Crippen molar-refractivity contribution in [3.8, 4) is 0 Å². The minimum atomic E-state index is -0.00364. The van der Waals surface area contributed by atoms with E-state index in [4.69, 9.17) is 0 Å². The van der Waals surface area contributed by atoms with Crippen LogP contribution < -0.4 is 5.32 Å². The molecule has 2 aromatic heterocycles. The molecule has 126 valence electrons. The first kappa shape index (κ1) is 15.6. The van der Waals surface area contributed by atoms with Gasteiger partial charge in [0.2, 0.25) is 0 Å². The summed E-state index contributed by atoms with van der Waals surface area (Å²) in [6.45, 7) is 0.759. The first-order valence-corrected chi connectivity index (χ1v) is 8.57. The van der Waals surface area contributed by atoms with Gasteiger partial charge in [0.25, 0.3) is 5.91 Å². The maximum Gasteiger partial charge on any atom is 0.272 e. The van der Waals surface area contributed by atoms with E-state index in [1.54, 1.807) is 6.20 Å². The molecule has 3 aromatic rings. The summed E-state index contributed by atoms with van der Waals surface area (Å²) >= 11 is 0. The molecule has 0 spiro atoms. The smallest absolute Gasteiger partial charge is 0.272 e. The van der Waals surface area contributed by atoms with Crippen molar-refractivity contribution in [2.45, 2.75) is 18.9 Å². The monoisotopic (exact) mass is 332 g/mol. The Hall–Kier alpha value is -2.95. The highest BCUT2D eigenvalue weighted by Gasteiger charge is 2.31. The van der Waals surface area contributed by atoms with E-state index in [1.165, 1.54) is 0 Å². The van der Waals surface area contributed by atoms with Gasteiger partial charge in [0.15, 0.2) is 0 Å².